The average molecular weight is 496 g/mol. The van der Waals surface area contributed by atoms with Crippen LogP contribution in [-0.2, 0) is 9.47 Å². The Bertz CT molecular complexity index is 1340. The number of aromatic nitrogens is 2. The molecule has 0 unspecified atom stereocenters. The van der Waals surface area contributed by atoms with Crippen molar-refractivity contribution in [2.45, 2.75) is 52.7 Å². The minimum Gasteiger partial charge on any atom is -0.444 e. The number of nitrogens with zero attached hydrogens (tertiary/aromatic N) is 2. The first kappa shape index (κ1) is 26.4. The lowest BCUT2D eigenvalue weighted by molar-refractivity contribution is 0.0542. The number of anilines is 1. The number of hydrogen-bond acceptors (Lipinski definition) is 5. The molecule has 188 valence electrons. The van der Waals surface area contributed by atoms with Crippen molar-refractivity contribution in [3.63, 3.8) is 0 Å². The summed E-state index contributed by atoms with van der Waals surface area (Å²) in [5, 5.41) is 2.49. The van der Waals surface area contributed by atoms with E-state index in [4.69, 9.17) is 9.47 Å². The Hall–Kier alpha value is -4.19. The second-order valence-electron chi connectivity index (χ2n) is 9.90. The van der Waals surface area contributed by atoms with Crippen molar-refractivity contribution in [2.24, 2.45) is 0 Å². The van der Waals surface area contributed by atoms with E-state index in [0.717, 1.165) is 22.8 Å². The summed E-state index contributed by atoms with van der Waals surface area (Å²) < 4.78 is 38.8. The Morgan fingerprint density at radius 1 is 0.889 bits per heavy atom. The van der Waals surface area contributed by atoms with E-state index >= 15 is 0 Å². The molecular formula is C27H27F2N3O4. The molecule has 0 atom stereocenters. The van der Waals surface area contributed by atoms with Crippen LogP contribution in [-0.4, -0.2) is 32.9 Å². The fourth-order valence-corrected chi connectivity index (χ4v) is 3.06. The number of hydrogen-bond donors (Lipinski definition) is 1. The molecule has 36 heavy (non-hydrogen) atoms. The van der Waals surface area contributed by atoms with Gasteiger partial charge in [0.25, 0.3) is 0 Å². The molecule has 1 aromatic heterocycles. The van der Waals surface area contributed by atoms with Crippen molar-refractivity contribution in [1.29, 1.82) is 0 Å². The van der Waals surface area contributed by atoms with E-state index in [-0.39, 0.29) is 11.5 Å². The van der Waals surface area contributed by atoms with Crippen molar-refractivity contribution < 1.29 is 27.8 Å². The van der Waals surface area contributed by atoms with Gasteiger partial charge in [-0.1, -0.05) is 24.0 Å². The van der Waals surface area contributed by atoms with Gasteiger partial charge in [-0.2, -0.15) is 0 Å². The van der Waals surface area contributed by atoms with E-state index < -0.39 is 35.0 Å². The van der Waals surface area contributed by atoms with Crippen LogP contribution in [0.4, 0.5) is 24.3 Å². The molecule has 0 saturated carbocycles. The van der Waals surface area contributed by atoms with E-state index in [1.807, 2.05) is 0 Å². The number of halogens is 2. The molecule has 9 heteroatoms. The van der Waals surface area contributed by atoms with Gasteiger partial charge in [-0.3, -0.25) is 5.32 Å². The highest BCUT2D eigenvalue weighted by atomic mass is 19.1. The Morgan fingerprint density at radius 3 is 2.11 bits per heavy atom. The van der Waals surface area contributed by atoms with Crippen LogP contribution in [0.2, 0.25) is 0 Å². The number of amides is 1. The molecule has 1 N–H and O–H groups in total. The SMILES string of the molecule is CC(C)(C)OC(=O)Nc1ncc(-c2cccc(C#Cc3cc(F)cc(F)c3)c2)n1C(=O)OC(C)(C)C. The highest BCUT2D eigenvalue weighted by Gasteiger charge is 2.26. The zero-order valence-corrected chi connectivity index (χ0v) is 20.9. The van der Waals surface area contributed by atoms with E-state index in [1.165, 1.54) is 6.20 Å². The Morgan fingerprint density at radius 2 is 1.50 bits per heavy atom. The van der Waals surface area contributed by atoms with Crippen molar-refractivity contribution in [2.75, 3.05) is 5.32 Å². The van der Waals surface area contributed by atoms with Gasteiger partial charge in [0.2, 0.25) is 5.95 Å². The van der Waals surface area contributed by atoms with Crippen LogP contribution in [0.25, 0.3) is 11.3 Å². The summed E-state index contributed by atoms with van der Waals surface area (Å²) in [4.78, 5) is 29.6. The van der Waals surface area contributed by atoms with Crippen LogP contribution in [0.3, 0.4) is 0 Å². The first-order chi connectivity index (χ1) is 16.7. The van der Waals surface area contributed by atoms with E-state index in [0.29, 0.717) is 16.8 Å². The Labute approximate surface area is 208 Å². The predicted molar refractivity (Wildman–Crippen MR) is 131 cm³/mol. The topological polar surface area (TPSA) is 82.5 Å². The molecule has 3 aromatic rings. The predicted octanol–water partition coefficient (Wildman–Crippen LogP) is 6.36. The number of carbonyl (C=O) groups is 2. The summed E-state index contributed by atoms with van der Waals surface area (Å²) in [6.45, 7) is 10.3. The monoisotopic (exact) mass is 495 g/mol. The van der Waals surface area contributed by atoms with Gasteiger partial charge in [-0.25, -0.2) is 27.9 Å². The highest BCUT2D eigenvalue weighted by Crippen LogP contribution is 2.26. The van der Waals surface area contributed by atoms with Gasteiger partial charge < -0.3 is 9.47 Å². The molecule has 0 aliphatic carbocycles. The van der Waals surface area contributed by atoms with Crippen LogP contribution < -0.4 is 5.32 Å². The third kappa shape index (κ3) is 7.40. The molecular weight excluding hydrogens is 468 g/mol. The van der Waals surface area contributed by atoms with Crippen LogP contribution in [0.15, 0.2) is 48.7 Å². The standard InChI is InChI=1S/C27H27F2N3O4/c1-26(2,3)35-24(33)31-23-30-16-22(32(23)25(34)36-27(4,5)6)19-9-7-8-17(12-19)10-11-18-13-20(28)15-21(29)14-18/h7-9,12-16H,1-6H3,(H,30,31,33). The summed E-state index contributed by atoms with van der Waals surface area (Å²) in [6, 6.07) is 9.85. The zero-order chi connectivity index (χ0) is 26.7. The maximum Gasteiger partial charge on any atom is 0.421 e. The fourth-order valence-electron chi connectivity index (χ4n) is 3.06. The van der Waals surface area contributed by atoms with Gasteiger partial charge in [0, 0.05) is 22.8 Å². The molecule has 2 aromatic carbocycles. The van der Waals surface area contributed by atoms with E-state index in [2.05, 4.69) is 22.1 Å². The van der Waals surface area contributed by atoms with Crippen molar-refractivity contribution in [1.82, 2.24) is 9.55 Å². The lowest BCUT2D eigenvalue weighted by Gasteiger charge is -2.22. The normalized spacial score (nSPS) is 11.3. The third-order valence-electron chi connectivity index (χ3n) is 4.32. The minimum atomic E-state index is -0.810. The lowest BCUT2D eigenvalue weighted by Crippen LogP contribution is -2.31. The summed E-state index contributed by atoms with van der Waals surface area (Å²) in [6.07, 6.45) is -0.135. The van der Waals surface area contributed by atoms with Crippen LogP contribution in [0.1, 0.15) is 52.7 Å². The average Bonchev–Trinajstić information content (AvgIpc) is 3.12. The van der Waals surface area contributed by atoms with E-state index in [9.17, 15) is 18.4 Å². The molecule has 1 amide bonds. The first-order valence-corrected chi connectivity index (χ1v) is 11.1. The van der Waals surface area contributed by atoms with Gasteiger partial charge >= 0.3 is 12.2 Å². The van der Waals surface area contributed by atoms with Crippen molar-refractivity contribution >= 4 is 18.1 Å². The number of nitrogens with one attached hydrogen (secondary N) is 1. The van der Waals surface area contributed by atoms with Crippen molar-refractivity contribution in [3.05, 3.63) is 71.4 Å². The zero-order valence-electron chi connectivity index (χ0n) is 20.9. The number of rotatable bonds is 2. The molecule has 0 aliphatic heterocycles. The summed E-state index contributed by atoms with van der Waals surface area (Å²) in [5.74, 6) is 4.05. The summed E-state index contributed by atoms with van der Waals surface area (Å²) >= 11 is 0. The van der Waals surface area contributed by atoms with Crippen LogP contribution in [0.5, 0.6) is 0 Å². The number of benzene rings is 2. The van der Waals surface area contributed by atoms with Gasteiger partial charge in [0.05, 0.1) is 11.9 Å². The molecule has 0 saturated heterocycles. The minimum absolute atomic E-state index is 0.0831. The summed E-state index contributed by atoms with van der Waals surface area (Å²) in [7, 11) is 0. The maximum absolute atomic E-state index is 13.5. The molecule has 3 rings (SSSR count). The quantitative estimate of drug-likeness (QED) is 0.419. The van der Waals surface area contributed by atoms with Crippen molar-refractivity contribution in [3.8, 4) is 23.1 Å². The molecule has 7 nitrogen and oxygen atoms in total. The van der Waals surface area contributed by atoms with E-state index in [1.54, 1.807) is 65.8 Å². The van der Waals surface area contributed by atoms with Gasteiger partial charge in [0.15, 0.2) is 0 Å². The third-order valence-corrected chi connectivity index (χ3v) is 4.32. The second-order valence-corrected chi connectivity index (χ2v) is 9.90. The maximum atomic E-state index is 13.5. The highest BCUT2D eigenvalue weighted by molar-refractivity contribution is 5.89. The second kappa shape index (κ2) is 10.2. The summed E-state index contributed by atoms with van der Waals surface area (Å²) in [5.41, 5.74) is 0.0123. The Balaban J connectivity index is 2.00. The van der Waals surface area contributed by atoms with Crippen LogP contribution in [0, 0.1) is 23.5 Å². The number of imidazole rings is 1. The molecule has 0 aliphatic rings. The molecule has 0 bridgehead atoms. The lowest BCUT2D eigenvalue weighted by atomic mass is 10.1. The molecule has 0 spiro atoms. The molecule has 0 radical (unpaired) electrons. The fraction of sp³-hybridized carbons (Fsp3) is 0.296. The first-order valence-electron chi connectivity index (χ1n) is 11.1. The number of carbonyl (C=O) groups excluding carboxylic acids is 2. The Kier molecular flexibility index (Phi) is 7.48. The largest absolute Gasteiger partial charge is 0.444 e. The smallest absolute Gasteiger partial charge is 0.421 e. The van der Waals surface area contributed by atoms with Gasteiger partial charge in [0.1, 0.15) is 22.8 Å². The molecule has 0 fully saturated rings. The van der Waals surface area contributed by atoms with Crippen LogP contribution >= 0.6 is 0 Å². The molecule has 1 heterocycles. The van der Waals surface area contributed by atoms with Gasteiger partial charge in [-0.05, 0) is 65.8 Å². The van der Waals surface area contributed by atoms with Gasteiger partial charge in [-0.15, -0.1) is 0 Å². The number of ether oxygens (including phenoxy) is 2.